The van der Waals surface area contributed by atoms with Crippen LogP contribution in [0.2, 0.25) is 0 Å². The number of aliphatic hydroxyl groups excluding tert-OH is 1. The van der Waals surface area contributed by atoms with E-state index in [1.54, 1.807) is 33.0 Å². The van der Waals surface area contributed by atoms with Crippen LogP contribution in [0.25, 0.3) is 0 Å². The van der Waals surface area contributed by atoms with Crippen molar-refractivity contribution in [3.8, 4) is 0 Å². The van der Waals surface area contributed by atoms with Gasteiger partial charge in [-0.3, -0.25) is 0 Å². The Hall–Kier alpha value is -3.27. The maximum absolute atomic E-state index is 12.3. The van der Waals surface area contributed by atoms with Crippen LogP contribution >= 0.6 is 0 Å². The van der Waals surface area contributed by atoms with Gasteiger partial charge in [-0.15, -0.1) is 0 Å². The highest BCUT2D eigenvalue weighted by Crippen LogP contribution is 2.23. The van der Waals surface area contributed by atoms with Gasteiger partial charge in [-0.05, 0) is 34.6 Å². The maximum Gasteiger partial charge on any atom is 0.343 e. The predicted octanol–water partition coefficient (Wildman–Crippen LogP) is 2.79. The van der Waals surface area contributed by atoms with Crippen LogP contribution in [0.5, 0.6) is 0 Å². The van der Waals surface area contributed by atoms with E-state index in [4.69, 9.17) is 10.1 Å². The van der Waals surface area contributed by atoms with Gasteiger partial charge in [-0.25, -0.2) is 14.8 Å². The Labute approximate surface area is 176 Å². The normalized spacial score (nSPS) is 11.2. The van der Waals surface area contributed by atoms with Gasteiger partial charge in [-0.2, -0.15) is 4.98 Å². The molecule has 0 spiro atoms. The summed E-state index contributed by atoms with van der Waals surface area (Å²) in [5.74, 6) is 0.365. The van der Waals surface area contributed by atoms with Crippen molar-refractivity contribution < 1.29 is 14.6 Å². The highest BCUT2D eigenvalue weighted by molar-refractivity contribution is 5.94. The van der Waals surface area contributed by atoms with Crippen molar-refractivity contribution in [3.63, 3.8) is 0 Å². The smallest absolute Gasteiger partial charge is 0.343 e. The molecule has 2 rings (SSSR count). The number of hydrogen-bond acceptors (Lipinski definition) is 10. The summed E-state index contributed by atoms with van der Waals surface area (Å²) in [6.07, 6.45) is 4.16. The van der Waals surface area contributed by atoms with Crippen LogP contribution in [-0.4, -0.2) is 57.0 Å². The van der Waals surface area contributed by atoms with Gasteiger partial charge in [0.05, 0.1) is 18.8 Å². The summed E-state index contributed by atoms with van der Waals surface area (Å²) in [6, 6.07) is 1.93. The lowest BCUT2D eigenvalue weighted by atomic mass is 10.1. The van der Waals surface area contributed by atoms with E-state index in [0.717, 1.165) is 5.69 Å². The molecule has 0 saturated carbocycles. The quantitative estimate of drug-likeness (QED) is 0.292. The van der Waals surface area contributed by atoms with Gasteiger partial charge < -0.3 is 31.2 Å². The number of carbonyl (C=O) groups excluding carboxylic acids is 1. The van der Waals surface area contributed by atoms with Crippen molar-refractivity contribution in [3.05, 3.63) is 29.6 Å². The molecule has 0 aliphatic carbocycles. The van der Waals surface area contributed by atoms with Crippen molar-refractivity contribution in [1.82, 2.24) is 15.0 Å². The molecule has 10 nitrogen and oxygen atoms in total. The van der Waals surface area contributed by atoms with Crippen LogP contribution in [0.15, 0.2) is 18.5 Å². The Morgan fingerprint density at radius 2 is 2.07 bits per heavy atom. The van der Waals surface area contributed by atoms with E-state index >= 15 is 0 Å². The molecule has 10 heteroatoms. The van der Waals surface area contributed by atoms with Gasteiger partial charge in [0.25, 0.3) is 0 Å². The van der Waals surface area contributed by atoms with Crippen LogP contribution in [0, 0.1) is 5.41 Å². The molecule has 2 heterocycles. The molecule has 0 saturated heterocycles. The first kappa shape index (κ1) is 23.0. The van der Waals surface area contributed by atoms with Crippen molar-refractivity contribution in [2.45, 2.75) is 46.2 Å². The highest BCUT2D eigenvalue weighted by Gasteiger charge is 2.23. The summed E-state index contributed by atoms with van der Waals surface area (Å²) in [5, 5.41) is 26.4. The molecule has 5 N–H and O–H groups in total. The molecule has 0 fully saturated rings. The molecular weight excluding hydrogens is 386 g/mol. The summed E-state index contributed by atoms with van der Waals surface area (Å²) in [5.41, 5.74) is 0.851. The number of aliphatic hydroxyl groups is 1. The molecule has 162 valence electrons. The third-order valence-electron chi connectivity index (χ3n) is 3.91. The number of aromatic nitrogens is 3. The van der Waals surface area contributed by atoms with E-state index in [-0.39, 0.29) is 36.6 Å². The number of hydrogen-bond donors (Lipinski definition) is 5. The first-order chi connectivity index (χ1) is 14.2. The van der Waals surface area contributed by atoms with Crippen LogP contribution < -0.4 is 16.0 Å². The zero-order valence-corrected chi connectivity index (χ0v) is 17.9. The second kappa shape index (κ2) is 9.97. The SMILES string of the molecule is CCOC(=O)c1cnc(Nc2cc(NC(C)C)c(C=N)cn2)nc1NC(C)(C)CO. The van der Waals surface area contributed by atoms with Gasteiger partial charge in [-0.1, -0.05) is 0 Å². The van der Waals surface area contributed by atoms with Crippen molar-refractivity contribution in [2.75, 3.05) is 29.2 Å². The minimum Gasteiger partial charge on any atom is -0.462 e. The van der Waals surface area contributed by atoms with Crippen LogP contribution in [-0.2, 0) is 4.74 Å². The number of anilines is 4. The average Bonchev–Trinajstić information content (AvgIpc) is 2.68. The third kappa shape index (κ3) is 6.11. The molecule has 0 radical (unpaired) electrons. The van der Waals surface area contributed by atoms with Crippen LogP contribution in [0.1, 0.15) is 50.5 Å². The predicted molar refractivity (Wildman–Crippen MR) is 117 cm³/mol. The lowest BCUT2D eigenvalue weighted by Crippen LogP contribution is -2.36. The van der Waals surface area contributed by atoms with E-state index in [9.17, 15) is 9.90 Å². The standard InChI is InChI=1S/C20H29N7O3/c1-6-30-18(29)14-10-23-19(26-17(14)27-20(4,5)11-28)25-16-7-15(24-12(2)3)13(8-21)9-22-16/h7-10,12,21,28H,6,11H2,1-5H3,(H3,22,23,24,25,26,27). The van der Waals surface area contributed by atoms with Gasteiger partial charge in [0.1, 0.15) is 17.2 Å². The third-order valence-corrected chi connectivity index (χ3v) is 3.91. The summed E-state index contributed by atoms with van der Waals surface area (Å²) in [6.45, 7) is 9.32. The summed E-state index contributed by atoms with van der Waals surface area (Å²) in [7, 11) is 0. The molecule has 0 atom stereocenters. The van der Waals surface area contributed by atoms with Gasteiger partial charge in [0, 0.05) is 42.0 Å². The van der Waals surface area contributed by atoms with Gasteiger partial charge in [0.2, 0.25) is 5.95 Å². The first-order valence-electron chi connectivity index (χ1n) is 9.66. The Morgan fingerprint density at radius 1 is 1.33 bits per heavy atom. The summed E-state index contributed by atoms with van der Waals surface area (Å²) >= 11 is 0. The number of nitrogens with zero attached hydrogens (tertiary/aromatic N) is 3. The topological polar surface area (TPSA) is 145 Å². The Kier molecular flexibility index (Phi) is 7.65. The Morgan fingerprint density at radius 3 is 2.67 bits per heavy atom. The molecule has 0 aliphatic rings. The van der Waals surface area contributed by atoms with Crippen molar-refractivity contribution in [1.29, 1.82) is 5.41 Å². The van der Waals surface area contributed by atoms with E-state index in [1.807, 2.05) is 13.8 Å². The monoisotopic (exact) mass is 415 g/mol. The second-order valence-corrected chi connectivity index (χ2v) is 7.57. The van der Waals surface area contributed by atoms with Crippen molar-refractivity contribution >= 4 is 35.5 Å². The van der Waals surface area contributed by atoms with Gasteiger partial charge >= 0.3 is 5.97 Å². The molecule has 0 aromatic carbocycles. The van der Waals surface area contributed by atoms with E-state index in [2.05, 4.69) is 30.9 Å². The molecule has 30 heavy (non-hydrogen) atoms. The molecule has 2 aromatic heterocycles. The second-order valence-electron chi connectivity index (χ2n) is 7.57. The largest absolute Gasteiger partial charge is 0.462 e. The number of ether oxygens (including phenoxy) is 1. The molecule has 0 bridgehead atoms. The lowest BCUT2D eigenvalue weighted by molar-refractivity contribution is 0.0526. The number of esters is 1. The Bertz CT molecular complexity index is 900. The molecular formula is C20H29N7O3. The number of rotatable bonds is 10. The fourth-order valence-corrected chi connectivity index (χ4v) is 2.46. The number of carbonyl (C=O) groups is 1. The average molecular weight is 415 g/mol. The first-order valence-corrected chi connectivity index (χ1v) is 9.66. The van der Waals surface area contributed by atoms with E-state index in [1.165, 1.54) is 12.4 Å². The van der Waals surface area contributed by atoms with E-state index < -0.39 is 11.5 Å². The fraction of sp³-hybridized carbons (Fsp3) is 0.450. The number of nitrogens with one attached hydrogen (secondary N) is 4. The maximum atomic E-state index is 12.3. The van der Waals surface area contributed by atoms with Crippen LogP contribution in [0.4, 0.5) is 23.3 Å². The minimum absolute atomic E-state index is 0.165. The fourth-order valence-electron chi connectivity index (χ4n) is 2.46. The zero-order chi connectivity index (χ0) is 22.3. The summed E-state index contributed by atoms with van der Waals surface area (Å²) in [4.78, 5) is 25.1. The van der Waals surface area contributed by atoms with Gasteiger partial charge in [0.15, 0.2) is 0 Å². The highest BCUT2D eigenvalue weighted by atomic mass is 16.5. The zero-order valence-electron chi connectivity index (χ0n) is 17.9. The van der Waals surface area contributed by atoms with Crippen LogP contribution in [0.3, 0.4) is 0 Å². The molecule has 0 aliphatic heterocycles. The lowest BCUT2D eigenvalue weighted by Gasteiger charge is -2.25. The molecule has 0 amide bonds. The summed E-state index contributed by atoms with van der Waals surface area (Å²) < 4.78 is 5.07. The minimum atomic E-state index is -0.717. The molecule has 2 aromatic rings. The van der Waals surface area contributed by atoms with E-state index in [0.29, 0.717) is 11.4 Å². The van der Waals surface area contributed by atoms with Crippen molar-refractivity contribution in [2.24, 2.45) is 0 Å². The Balaban J connectivity index is 2.38. The molecule has 0 unspecified atom stereocenters. The number of pyridine rings is 1.